The van der Waals surface area contributed by atoms with Crippen LogP contribution in [0.25, 0.3) is 0 Å². The van der Waals surface area contributed by atoms with Crippen LogP contribution in [-0.2, 0) is 0 Å². The molecule has 1 aromatic heterocycles. The third kappa shape index (κ3) is 3.38. The van der Waals surface area contributed by atoms with Crippen molar-refractivity contribution in [3.63, 3.8) is 0 Å². The van der Waals surface area contributed by atoms with E-state index in [1.165, 1.54) is 25.7 Å². The summed E-state index contributed by atoms with van der Waals surface area (Å²) in [7, 11) is 0. The minimum absolute atomic E-state index is 0.345. The average Bonchev–Trinajstić information content (AvgIpc) is 2.94. The zero-order valence-electron chi connectivity index (χ0n) is 9.75. The van der Waals surface area contributed by atoms with E-state index in [1.807, 2.05) is 13.0 Å². The van der Waals surface area contributed by atoms with Crippen molar-refractivity contribution in [2.24, 2.45) is 5.92 Å². The Morgan fingerprint density at radius 3 is 2.87 bits per heavy atom. The highest BCUT2D eigenvalue weighted by Gasteiger charge is 2.20. The molecule has 15 heavy (non-hydrogen) atoms. The third-order valence-corrected chi connectivity index (χ3v) is 3.12. The lowest BCUT2D eigenvalue weighted by molar-refractivity contribution is 0.412. The molecule has 0 aliphatic heterocycles. The normalized spacial score (nSPS) is 18.0. The Morgan fingerprint density at radius 1 is 1.47 bits per heavy atom. The topological polar surface area (TPSA) is 25.2 Å². The summed E-state index contributed by atoms with van der Waals surface area (Å²) < 4.78 is 5.57. The lowest BCUT2D eigenvalue weighted by Gasteiger charge is -2.10. The number of furan rings is 1. The largest absolute Gasteiger partial charge is 0.465 e. The van der Waals surface area contributed by atoms with Crippen LogP contribution in [0, 0.1) is 12.8 Å². The molecule has 1 saturated carbocycles. The molecule has 2 nitrogen and oxygen atoms in total. The predicted molar refractivity (Wildman–Crippen MR) is 61.8 cm³/mol. The van der Waals surface area contributed by atoms with Gasteiger partial charge < -0.3 is 9.73 Å². The summed E-state index contributed by atoms with van der Waals surface area (Å²) >= 11 is 0. The van der Waals surface area contributed by atoms with Crippen molar-refractivity contribution in [2.75, 3.05) is 6.54 Å². The Kier molecular flexibility index (Phi) is 3.47. The van der Waals surface area contributed by atoms with Crippen LogP contribution in [0.2, 0.25) is 0 Å². The molecule has 2 heteroatoms. The molecule has 1 unspecified atom stereocenters. The van der Waals surface area contributed by atoms with E-state index in [-0.39, 0.29) is 0 Å². The summed E-state index contributed by atoms with van der Waals surface area (Å²) in [6.45, 7) is 5.26. The first-order chi connectivity index (χ1) is 7.25. The first kappa shape index (κ1) is 10.7. The van der Waals surface area contributed by atoms with Crippen LogP contribution in [0.15, 0.2) is 16.5 Å². The molecule has 0 amide bonds. The fourth-order valence-electron chi connectivity index (χ4n) is 1.90. The van der Waals surface area contributed by atoms with Gasteiger partial charge >= 0.3 is 0 Å². The van der Waals surface area contributed by atoms with Gasteiger partial charge in [-0.2, -0.15) is 0 Å². The van der Waals surface area contributed by atoms with E-state index in [0.29, 0.717) is 6.04 Å². The zero-order valence-corrected chi connectivity index (χ0v) is 9.75. The fourth-order valence-corrected chi connectivity index (χ4v) is 1.90. The van der Waals surface area contributed by atoms with Gasteiger partial charge in [0.05, 0.1) is 6.04 Å². The number of nitrogens with one attached hydrogen (secondary N) is 1. The molecule has 1 N–H and O–H groups in total. The van der Waals surface area contributed by atoms with Crippen molar-refractivity contribution in [1.82, 2.24) is 5.32 Å². The Bertz CT molecular complexity index is 301. The Balaban J connectivity index is 1.64. The molecular formula is C13H21NO. The maximum atomic E-state index is 5.57. The fraction of sp³-hybridized carbons (Fsp3) is 0.692. The molecule has 1 heterocycles. The van der Waals surface area contributed by atoms with E-state index in [1.54, 1.807) is 0 Å². The standard InChI is InChI=1S/C13H21NO/c1-10-5-8-13(15-10)11(2)14-9-3-4-12-6-7-12/h5,8,11-12,14H,3-4,6-7,9H2,1-2H3. The molecule has 1 aliphatic rings. The lowest BCUT2D eigenvalue weighted by atomic mass is 10.2. The van der Waals surface area contributed by atoms with E-state index >= 15 is 0 Å². The van der Waals surface area contributed by atoms with Gasteiger partial charge in [-0.15, -0.1) is 0 Å². The van der Waals surface area contributed by atoms with Crippen molar-refractivity contribution >= 4 is 0 Å². The van der Waals surface area contributed by atoms with Crippen LogP contribution in [0.3, 0.4) is 0 Å². The molecule has 0 saturated heterocycles. The van der Waals surface area contributed by atoms with Crippen molar-refractivity contribution in [2.45, 2.75) is 45.6 Å². The van der Waals surface area contributed by atoms with Crippen LogP contribution >= 0.6 is 0 Å². The average molecular weight is 207 g/mol. The van der Waals surface area contributed by atoms with Gasteiger partial charge in [-0.1, -0.05) is 12.8 Å². The Morgan fingerprint density at radius 2 is 2.27 bits per heavy atom. The summed E-state index contributed by atoms with van der Waals surface area (Å²) in [5.74, 6) is 3.10. The van der Waals surface area contributed by atoms with Gasteiger partial charge in [0.2, 0.25) is 0 Å². The van der Waals surface area contributed by atoms with Crippen molar-refractivity contribution in [3.8, 4) is 0 Å². The van der Waals surface area contributed by atoms with Crippen LogP contribution < -0.4 is 5.32 Å². The number of rotatable bonds is 6. The molecule has 84 valence electrons. The van der Waals surface area contributed by atoms with E-state index in [4.69, 9.17) is 4.42 Å². The molecule has 1 atom stereocenters. The highest BCUT2D eigenvalue weighted by Crippen LogP contribution is 2.33. The summed E-state index contributed by atoms with van der Waals surface area (Å²) in [6, 6.07) is 4.43. The summed E-state index contributed by atoms with van der Waals surface area (Å²) in [6.07, 6.45) is 5.63. The number of hydrogen-bond donors (Lipinski definition) is 1. The van der Waals surface area contributed by atoms with Crippen LogP contribution in [-0.4, -0.2) is 6.54 Å². The third-order valence-electron chi connectivity index (χ3n) is 3.12. The predicted octanol–water partition coefficient (Wildman–Crippen LogP) is 3.43. The highest BCUT2D eigenvalue weighted by atomic mass is 16.3. The summed E-state index contributed by atoms with van der Waals surface area (Å²) in [5, 5.41) is 3.50. The van der Waals surface area contributed by atoms with Gasteiger partial charge in [0, 0.05) is 0 Å². The summed E-state index contributed by atoms with van der Waals surface area (Å²) in [5.41, 5.74) is 0. The van der Waals surface area contributed by atoms with Crippen LogP contribution in [0.1, 0.15) is 50.2 Å². The molecular weight excluding hydrogens is 186 g/mol. The van der Waals surface area contributed by atoms with Crippen molar-refractivity contribution in [3.05, 3.63) is 23.7 Å². The molecule has 2 rings (SSSR count). The first-order valence-corrected chi connectivity index (χ1v) is 6.05. The monoisotopic (exact) mass is 207 g/mol. The molecule has 0 radical (unpaired) electrons. The second kappa shape index (κ2) is 4.84. The van der Waals surface area contributed by atoms with Gasteiger partial charge in [0.1, 0.15) is 11.5 Å². The van der Waals surface area contributed by atoms with Gasteiger partial charge in [0.15, 0.2) is 0 Å². The number of hydrogen-bond acceptors (Lipinski definition) is 2. The molecule has 1 fully saturated rings. The quantitative estimate of drug-likeness (QED) is 0.723. The van der Waals surface area contributed by atoms with Crippen molar-refractivity contribution < 1.29 is 4.42 Å². The molecule has 0 aromatic carbocycles. The van der Waals surface area contributed by atoms with Crippen LogP contribution in [0.5, 0.6) is 0 Å². The first-order valence-electron chi connectivity index (χ1n) is 6.05. The minimum atomic E-state index is 0.345. The molecule has 0 spiro atoms. The Labute approximate surface area is 92.1 Å². The SMILES string of the molecule is Cc1ccc(C(C)NCCCC2CC2)o1. The molecule has 0 bridgehead atoms. The van der Waals surface area contributed by atoms with Crippen molar-refractivity contribution in [1.29, 1.82) is 0 Å². The van der Waals surface area contributed by atoms with E-state index in [2.05, 4.69) is 18.3 Å². The Hall–Kier alpha value is -0.760. The second-order valence-electron chi connectivity index (χ2n) is 4.71. The molecule has 1 aliphatic carbocycles. The maximum Gasteiger partial charge on any atom is 0.120 e. The van der Waals surface area contributed by atoms with Gasteiger partial charge in [-0.05, 0) is 51.3 Å². The minimum Gasteiger partial charge on any atom is -0.465 e. The van der Waals surface area contributed by atoms with Gasteiger partial charge in [0.25, 0.3) is 0 Å². The second-order valence-corrected chi connectivity index (χ2v) is 4.71. The van der Waals surface area contributed by atoms with Gasteiger partial charge in [-0.3, -0.25) is 0 Å². The van der Waals surface area contributed by atoms with Gasteiger partial charge in [-0.25, -0.2) is 0 Å². The molecule has 1 aromatic rings. The van der Waals surface area contributed by atoms with E-state index in [9.17, 15) is 0 Å². The van der Waals surface area contributed by atoms with E-state index in [0.717, 1.165) is 24.0 Å². The zero-order chi connectivity index (χ0) is 10.7. The van der Waals surface area contributed by atoms with E-state index < -0.39 is 0 Å². The summed E-state index contributed by atoms with van der Waals surface area (Å²) in [4.78, 5) is 0. The van der Waals surface area contributed by atoms with Crippen LogP contribution in [0.4, 0.5) is 0 Å². The lowest BCUT2D eigenvalue weighted by Crippen LogP contribution is -2.19. The maximum absolute atomic E-state index is 5.57. The smallest absolute Gasteiger partial charge is 0.120 e. The highest BCUT2D eigenvalue weighted by molar-refractivity contribution is 5.08. The number of aryl methyl sites for hydroxylation is 1.